The number of hydrogen-bond donors (Lipinski definition) is 4. The van der Waals surface area contributed by atoms with Gasteiger partial charge in [0.2, 0.25) is 0 Å². The molecule has 10 heteroatoms. The van der Waals surface area contributed by atoms with Gasteiger partial charge in [0.15, 0.2) is 0 Å². The summed E-state index contributed by atoms with van der Waals surface area (Å²) < 4.78 is 27.7. The van der Waals surface area contributed by atoms with Crippen LogP contribution in [0.3, 0.4) is 0 Å². The zero-order valence-electron chi connectivity index (χ0n) is 18.3. The third-order valence-electron chi connectivity index (χ3n) is 6.23. The van der Waals surface area contributed by atoms with Gasteiger partial charge in [0.25, 0.3) is 5.91 Å². The van der Waals surface area contributed by atoms with E-state index < -0.39 is 35.7 Å². The molecule has 0 unspecified atom stereocenters. The number of aliphatic hydroxyl groups is 1. The number of fused-ring (bicyclic) bond motifs is 2. The van der Waals surface area contributed by atoms with Crippen LogP contribution in [0.25, 0.3) is 0 Å². The number of hydrogen-bond acceptors (Lipinski definition) is 4. The molecule has 3 aromatic carbocycles. The Morgan fingerprint density at radius 3 is 2.60 bits per heavy atom. The standard InChI is InChI=1S/C25H21ClF2N4O3/c26-18-3-1-13(27)9-15(18)23-22-17(24(34)31-23)7-12(5-6-29)8-19(22)30-25(35)32-11-21(33)16-10-14(28)2-4-20(16)32/h1-4,7-10,21,23,33H,5-6,11,29H2,(H,30,35)(H,31,34)/t21-,23-/m0/s1. The van der Waals surface area contributed by atoms with Gasteiger partial charge in [0.05, 0.1) is 24.4 Å². The van der Waals surface area contributed by atoms with Crippen LogP contribution in [-0.2, 0) is 6.42 Å². The summed E-state index contributed by atoms with van der Waals surface area (Å²) in [6, 6.07) is 9.71. The van der Waals surface area contributed by atoms with Gasteiger partial charge in [-0.1, -0.05) is 11.6 Å². The second kappa shape index (κ2) is 8.92. The SMILES string of the molecule is NCCc1cc(NC(=O)N2C[C@H](O)c3cc(F)ccc32)c2c(c1)C(=O)N[C@H]2c1cc(F)ccc1Cl. The normalized spacial score (nSPS) is 18.3. The van der Waals surface area contributed by atoms with Crippen molar-refractivity contribution in [3.8, 4) is 0 Å². The largest absolute Gasteiger partial charge is 0.386 e. The molecule has 0 fully saturated rings. The summed E-state index contributed by atoms with van der Waals surface area (Å²) in [7, 11) is 0. The topological polar surface area (TPSA) is 108 Å². The average Bonchev–Trinajstić information content (AvgIpc) is 3.32. The summed E-state index contributed by atoms with van der Waals surface area (Å²) in [5, 5.41) is 16.2. The molecular weight excluding hydrogens is 478 g/mol. The molecule has 7 nitrogen and oxygen atoms in total. The van der Waals surface area contributed by atoms with E-state index in [2.05, 4.69) is 10.6 Å². The highest BCUT2D eigenvalue weighted by Crippen LogP contribution is 2.41. The number of aliphatic hydroxyl groups excluding tert-OH is 1. The fraction of sp³-hybridized carbons (Fsp3) is 0.200. The van der Waals surface area contributed by atoms with E-state index in [1.54, 1.807) is 12.1 Å². The van der Waals surface area contributed by atoms with E-state index in [1.165, 1.54) is 41.3 Å². The number of urea groups is 1. The zero-order valence-corrected chi connectivity index (χ0v) is 19.1. The molecule has 0 bridgehead atoms. The highest BCUT2D eigenvalue weighted by Gasteiger charge is 2.36. The molecule has 5 rings (SSSR count). The third kappa shape index (κ3) is 4.12. The number of nitrogens with zero attached hydrogens (tertiary/aromatic N) is 1. The molecule has 3 amide bonds. The molecule has 2 atom stereocenters. The molecule has 0 radical (unpaired) electrons. The minimum absolute atomic E-state index is 0.0639. The van der Waals surface area contributed by atoms with Crippen LogP contribution in [0.2, 0.25) is 5.02 Å². The number of benzene rings is 3. The van der Waals surface area contributed by atoms with Crippen molar-refractivity contribution in [2.45, 2.75) is 18.6 Å². The fourth-order valence-electron chi connectivity index (χ4n) is 4.66. The fourth-order valence-corrected chi connectivity index (χ4v) is 4.89. The lowest BCUT2D eigenvalue weighted by Gasteiger charge is -2.22. The van der Waals surface area contributed by atoms with Crippen LogP contribution < -0.4 is 21.3 Å². The van der Waals surface area contributed by atoms with E-state index in [4.69, 9.17) is 17.3 Å². The Hall–Kier alpha value is -3.53. The number of amides is 3. The van der Waals surface area contributed by atoms with E-state index in [0.29, 0.717) is 46.6 Å². The van der Waals surface area contributed by atoms with Gasteiger partial charge in [-0.05, 0) is 67.1 Å². The second-order valence-corrected chi connectivity index (χ2v) is 8.88. The van der Waals surface area contributed by atoms with Crippen molar-refractivity contribution in [1.29, 1.82) is 0 Å². The van der Waals surface area contributed by atoms with Gasteiger partial charge in [-0.15, -0.1) is 0 Å². The summed E-state index contributed by atoms with van der Waals surface area (Å²) in [4.78, 5) is 27.5. The van der Waals surface area contributed by atoms with Crippen molar-refractivity contribution >= 4 is 34.9 Å². The summed E-state index contributed by atoms with van der Waals surface area (Å²) in [5.74, 6) is -1.43. The van der Waals surface area contributed by atoms with Crippen LogP contribution in [0.1, 0.15) is 44.8 Å². The molecule has 35 heavy (non-hydrogen) atoms. The van der Waals surface area contributed by atoms with Crippen molar-refractivity contribution in [2.75, 3.05) is 23.3 Å². The number of rotatable bonds is 4. The Morgan fingerprint density at radius 2 is 1.86 bits per heavy atom. The van der Waals surface area contributed by atoms with Crippen LogP contribution >= 0.6 is 11.6 Å². The van der Waals surface area contributed by atoms with Gasteiger partial charge in [-0.3, -0.25) is 9.69 Å². The van der Waals surface area contributed by atoms with Crippen molar-refractivity contribution in [3.63, 3.8) is 0 Å². The Labute approximate surface area is 204 Å². The van der Waals surface area contributed by atoms with E-state index in [0.717, 1.165) is 5.56 Å². The van der Waals surface area contributed by atoms with Crippen LogP contribution in [0.15, 0.2) is 48.5 Å². The molecule has 5 N–H and O–H groups in total. The molecule has 0 spiro atoms. The predicted octanol–water partition coefficient (Wildman–Crippen LogP) is 4.04. The van der Waals surface area contributed by atoms with Crippen molar-refractivity contribution in [1.82, 2.24) is 5.32 Å². The Kier molecular flexibility index (Phi) is 5.92. The maximum atomic E-state index is 14.0. The number of nitrogens with one attached hydrogen (secondary N) is 2. The van der Waals surface area contributed by atoms with Crippen LogP contribution in [0, 0.1) is 11.6 Å². The molecule has 0 aromatic heterocycles. The van der Waals surface area contributed by atoms with Gasteiger partial charge in [0.1, 0.15) is 11.6 Å². The van der Waals surface area contributed by atoms with E-state index in [9.17, 15) is 23.5 Å². The molecule has 2 aliphatic rings. The first-order valence-corrected chi connectivity index (χ1v) is 11.3. The summed E-state index contributed by atoms with van der Waals surface area (Å²) in [6.45, 7) is 0.260. The molecular formula is C25H21ClF2N4O3. The molecule has 0 saturated heterocycles. The lowest BCUT2D eigenvalue weighted by Crippen LogP contribution is -2.34. The lowest BCUT2D eigenvalue weighted by atomic mass is 9.94. The lowest BCUT2D eigenvalue weighted by molar-refractivity contribution is 0.0960. The molecule has 0 aliphatic carbocycles. The van der Waals surface area contributed by atoms with Crippen LogP contribution in [0.4, 0.5) is 25.0 Å². The number of halogens is 3. The summed E-state index contributed by atoms with van der Waals surface area (Å²) in [5.41, 5.74) is 8.56. The number of carbonyl (C=O) groups excluding carboxylic acids is 2. The van der Waals surface area contributed by atoms with Crippen molar-refractivity contribution < 1.29 is 23.5 Å². The van der Waals surface area contributed by atoms with E-state index in [1.807, 2.05) is 0 Å². The van der Waals surface area contributed by atoms with Crippen molar-refractivity contribution in [2.24, 2.45) is 5.73 Å². The van der Waals surface area contributed by atoms with Crippen molar-refractivity contribution in [3.05, 3.63) is 93.0 Å². The zero-order chi connectivity index (χ0) is 24.9. The summed E-state index contributed by atoms with van der Waals surface area (Å²) >= 11 is 6.33. The van der Waals surface area contributed by atoms with Crippen LogP contribution in [-0.4, -0.2) is 30.1 Å². The molecule has 2 aliphatic heterocycles. The van der Waals surface area contributed by atoms with Gasteiger partial charge < -0.3 is 21.5 Å². The first kappa shape index (κ1) is 23.2. The Balaban J connectivity index is 1.57. The first-order chi connectivity index (χ1) is 16.8. The number of β-amino-alcohol motifs (C(OH)–C–C–N with tert-alkyl or cyclic N) is 1. The van der Waals surface area contributed by atoms with Crippen LogP contribution in [0.5, 0.6) is 0 Å². The van der Waals surface area contributed by atoms with Gasteiger partial charge in [0, 0.05) is 33.0 Å². The molecule has 2 heterocycles. The number of anilines is 2. The molecule has 3 aromatic rings. The monoisotopic (exact) mass is 498 g/mol. The summed E-state index contributed by atoms with van der Waals surface area (Å²) in [6.07, 6.45) is -0.581. The average molecular weight is 499 g/mol. The van der Waals surface area contributed by atoms with Gasteiger partial charge in [-0.25, -0.2) is 13.6 Å². The maximum absolute atomic E-state index is 14.0. The Morgan fingerprint density at radius 1 is 1.14 bits per heavy atom. The quantitative estimate of drug-likeness (QED) is 0.435. The molecule has 0 saturated carbocycles. The van der Waals surface area contributed by atoms with Gasteiger partial charge >= 0.3 is 6.03 Å². The highest BCUT2D eigenvalue weighted by atomic mass is 35.5. The second-order valence-electron chi connectivity index (χ2n) is 8.48. The highest BCUT2D eigenvalue weighted by molar-refractivity contribution is 6.31. The molecule has 180 valence electrons. The van der Waals surface area contributed by atoms with E-state index >= 15 is 0 Å². The minimum Gasteiger partial charge on any atom is -0.386 e. The van der Waals surface area contributed by atoms with E-state index in [-0.39, 0.29) is 11.6 Å². The number of carbonyl (C=O) groups is 2. The van der Waals surface area contributed by atoms with Gasteiger partial charge in [-0.2, -0.15) is 0 Å². The predicted molar refractivity (Wildman–Crippen MR) is 128 cm³/mol. The maximum Gasteiger partial charge on any atom is 0.326 e. The number of nitrogens with two attached hydrogens (primary N) is 1. The Bertz CT molecular complexity index is 1370. The third-order valence-corrected chi connectivity index (χ3v) is 6.58. The minimum atomic E-state index is -1.04. The smallest absolute Gasteiger partial charge is 0.326 e. The first-order valence-electron chi connectivity index (χ1n) is 11.0.